The highest BCUT2D eigenvalue weighted by molar-refractivity contribution is 7.99. The van der Waals surface area contributed by atoms with Crippen LogP contribution in [-0.4, -0.2) is 68.4 Å². The maximum Gasteiger partial charge on any atom is 0.323 e. The Balaban J connectivity index is 2.00. The van der Waals surface area contributed by atoms with E-state index in [0.29, 0.717) is 5.75 Å². The number of nitrogens with zero attached hydrogens (tertiary/aromatic N) is 1. The van der Waals surface area contributed by atoms with Crippen LogP contribution in [0.1, 0.15) is 0 Å². The molecule has 0 spiro atoms. The SMILES string of the molecule is COC(=O)C(N)CSCCN1CCOCC1. The van der Waals surface area contributed by atoms with Gasteiger partial charge in [-0.3, -0.25) is 9.69 Å². The van der Waals surface area contributed by atoms with Gasteiger partial charge in [-0.05, 0) is 0 Å². The molecule has 1 aliphatic heterocycles. The molecule has 0 aromatic carbocycles. The predicted octanol–water partition coefficient (Wildman–Crippen LogP) is -0.448. The molecular formula is C10H20N2O3S. The number of hydrogen-bond acceptors (Lipinski definition) is 6. The molecule has 2 N–H and O–H groups in total. The van der Waals surface area contributed by atoms with Crippen molar-refractivity contribution in [3.63, 3.8) is 0 Å². The van der Waals surface area contributed by atoms with E-state index in [2.05, 4.69) is 9.64 Å². The second-order valence-electron chi connectivity index (χ2n) is 3.66. The van der Waals surface area contributed by atoms with Crippen molar-refractivity contribution in [1.29, 1.82) is 0 Å². The van der Waals surface area contributed by atoms with Gasteiger partial charge in [0.2, 0.25) is 0 Å². The van der Waals surface area contributed by atoms with Crippen LogP contribution in [0.4, 0.5) is 0 Å². The fraction of sp³-hybridized carbons (Fsp3) is 0.900. The Morgan fingerprint density at radius 3 is 2.88 bits per heavy atom. The molecule has 0 radical (unpaired) electrons. The van der Waals surface area contributed by atoms with Crippen LogP contribution in [0.2, 0.25) is 0 Å². The van der Waals surface area contributed by atoms with Crippen LogP contribution in [0.25, 0.3) is 0 Å². The summed E-state index contributed by atoms with van der Waals surface area (Å²) in [7, 11) is 1.36. The van der Waals surface area contributed by atoms with Gasteiger partial charge in [0, 0.05) is 31.1 Å². The third-order valence-corrected chi connectivity index (χ3v) is 3.52. The smallest absolute Gasteiger partial charge is 0.323 e. The fourth-order valence-corrected chi connectivity index (χ4v) is 2.39. The van der Waals surface area contributed by atoms with E-state index >= 15 is 0 Å². The molecule has 1 heterocycles. The Morgan fingerprint density at radius 1 is 1.56 bits per heavy atom. The van der Waals surface area contributed by atoms with E-state index in [9.17, 15) is 4.79 Å². The van der Waals surface area contributed by atoms with Crippen molar-refractivity contribution in [1.82, 2.24) is 4.90 Å². The van der Waals surface area contributed by atoms with Crippen molar-refractivity contribution in [2.24, 2.45) is 5.73 Å². The van der Waals surface area contributed by atoms with Gasteiger partial charge in [0.1, 0.15) is 6.04 Å². The second kappa shape index (κ2) is 7.89. The summed E-state index contributed by atoms with van der Waals surface area (Å²) in [6, 6.07) is -0.500. The summed E-state index contributed by atoms with van der Waals surface area (Å²) < 4.78 is 9.82. The third kappa shape index (κ3) is 5.16. The normalized spacial score (nSPS) is 19.4. The van der Waals surface area contributed by atoms with Gasteiger partial charge in [-0.25, -0.2) is 0 Å². The molecule has 6 heteroatoms. The molecule has 1 fully saturated rings. The summed E-state index contributed by atoms with van der Waals surface area (Å²) in [4.78, 5) is 13.4. The highest BCUT2D eigenvalue weighted by Crippen LogP contribution is 2.05. The van der Waals surface area contributed by atoms with E-state index in [4.69, 9.17) is 10.5 Å². The first-order valence-electron chi connectivity index (χ1n) is 5.45. The Morgan fingerprint density at radius 2 is 2.25 bits per heavy atom. The van der Waals surface area contributed by atoms with Crippen LogP contribution in [0, 0.1) is 0 Å². The molecule has 1 rings (SSSR count). The Hall–Kier alpha value is -0.300. The first-order valence-corrected chi connectivity index (χ1v) is 6.60. The van der Waals surface area contributed by atoms with Crippen LogP contribution in [0.5, 0.6) is 0 Å². The van der Waals surface area contributed by atoms with Crippen molar-refractivity contribution >= 4 is 17.7 Å². The van der Waals surface area contributed by atoms with Gasteiger partial charge in [-0.15, -0.1) is 0 Å². The first-order chi connectivity index (χ1) is 7.74. The zero-order valence-corrected chi connectivity index (χ0v) is 10.5. The van der Waals surface area contributed by atoms with Crippen molar-refractivity contribution in [2.45, 2.75) is 6.04 Å². The number of ether oxygens (including phenoxy) is 2. The number of thioether (sulfide) groups is 1. The summed E-state index contributed by atoms with van der Waals surface area (Å²) >= 11 is 1.69. The Labute approximate surface area is 101 Å². The first kappa shape index (κ1) is 13.8. The van der Waals surface area contributed by atoms with Gasteiger partial charge in [0.15, 0.2) is 0 Å². The van der Waals surface area contributed by atoms with Crippen LogP contribution < -0.4 is 5.73 Å². The number of carbonyl (C=O) groups excluding carboxylic acids is 1. The summed E-state index contributed by atoms with van der Waals surface area (Å²) in [6.45, 7) is 4.69. The van der Waals surface area contributed by atoms with Crippen molar-refractivity contribution in [2.75, 3.05) is 51.5 Å². The molecule has 0 amide bonds. The maximum atomic E-state index is 11.0. The van der Waals surface area contributed by atoms with Gasteiger partial charge in [-0.1, -0.05) is 0 Å². The fourth-order valence-electron chi connectivity index (χ4n) is 1.45. The third-order valence-electron chi connectivity index (χ3n) is 2.46. The molecule has 1 unspecified atom stereocenters. The molecule has 0 aromatic rings. The predicted molar refractivity (Wildman–Crippen MR) is 64.6 cm³/mol. The van der Waals surface area contributed by atoms with Crippen LogP contribution in [0.15, 0.2) is 0 Å². The van der Waals surface area contributed by atoms with Gasteiger partial charge in [0.05, 0.1) is 20.3 Å². The number of methoxy groups -OCH3 is 1. The lowest BCUT2D eigenvalue weighted by atomic mass is 10.4. The molecule has 1 aliphatic rings. The minimum atomic E-state index is -0.500. The summed E-state index contributed by atoms with van der Waals surface area (Å²) in [5.74, 6) is 1.28. The van der Waals surface area contributed by atoms with Crippen molar-refractivity contribution in [3.05, 3.63) is 0 Å². The number of carbonyl (C=O) groups is 1. The lowest BCUT2D eigenvalue weighted by Crippen LogP contribution is -2.38. The van der Waals surface area contributed by atoms with Gasteiger partial charge < -0.3 is 15.2 Å². The lowest BCUT2D eigenvalue weighted by Gasteiger charge is -2.26. The van der Waals surface area contributed by atoms with Crippen molar-refractivity contribution < 1.29 is 14.3 Å². The molecule has 94 valence electrons. The van der Waals surface area contributed by atoms with Crippen LogP contribution in [0.3, 0.4) is 0 Å². The monoisotopic (exact) mass is 248 g/mol. The summed E-state index contributed by atoms with van der Waals surface area (Å²) in [6.07, 6.45) is 0. The molecule has 0 aromatic heterocycles. The molecule has 0 bridgehead atoms. The molecule has 5 nitrogen and oxygen atoms in total. The highest BCUT2D eigenvalue weighted by Gasteiger charge is 2.14. The molecule has 1 atom stereocenters. The Kier molecular flexibility index (Phi) is 6.79. The lowest BCUT2D eigenvalue weighted by molar-refractivity contribution is -0.141. The average Bonchev–Trinajstić information content (AvgIpc) is 2.34. The van der Waals surface area contributed by atoms with E-state index in [0.717, 1.165) is 38.6 Å². The molecular weight excluding hydrogens is 228 g/mol. The molecule has 1 saturated heterocycles. The second-order valence-corrected chi connectivity index (χ2v) is 4.81. The van der Waals surface area contributed by atoms with Crippen LogP contribution >= 0.6 is 11.8 Å². The maximum absolute atomic E-state index is 11.0. The standard InChI is InChI=1S/C10H20N2O3S/c1-14-10(13)9(11)8-16-7-4-12-2-5-15-6-3-12/h9H,2-8,11H2,1H3. The minimum Gasteiger partial charge on any atom is -0.468 e. The van der Waals surface area contributed by atoms with E-state index in [1.165, 1.54) is 7.11 Å². The van der Waals surface area contributed by atoms with Gasteiger partial charge in [-0.2, -0.15) is 11.8 Å². The highest BCUT2D eigenvalue weighted by atomic mass is 32.2. The topological polar surface area (TPSA) is 64.8 Å². The molecule has 0 aliphatic carbocycles. The zero-order chi connectivity index (χ0) is 11.8. The number of hydrogen-bond donors (Lipinski definition) is 1. The number of rotatable bonds is 6. The van der Waals surface area contributed by atoms with E-state index in [-0.39, 0.29) is 5.97 Å². The van der Waals surface area contributed by atoms with Gasteiger partial charge in [0.25, 0.3) is 0 Å². The summed E-state index contributed by atoms with van der Waals surface area (Å²) in [5.41, 5.74) is 5.62. The minimum absolute atomic E-state index is 0.334. The Bertz CT molecular complexity index is 210. The number of nitrogens with two attached hydrogens (primary N) is 1. The van der Waals surface area contributed by atoms with Crippen molar-refractivity contribution in [3.8, 4) is 0 Å². The van der Waals surface area contributed by atoms with E-state index in [1.807, 2.05) is 0 Å². The quantitative estimate of drug-likeness (QED) is 0.507. The number of morpholine rings is 1. The molecule has 16 heavy (non-hydrogen) atoms. The number of esters is 1. The molecule has 0 saturated carbocycles. The summed E-state index contributed by atoms with van der Waals surface area (Å²) in [5, 5.41) is 0. The average molecular weight is 248 g/mol. The largest absolute Gasteiger partial charge is 0.468 e. The van der Waals surface area contributed by atoms with Gasteiger partial charge >= 0.3 is 5.97 Å². The van der Waals surface area contributed by atoms with E-state index < -0.39 is 6.04 Å². The van der Waals surface area contributed by atoms with E-state index in [1.54, 1.807) is 11.8 Å². The zero-order valence-electron chi connectivity index (χ0n) is 9.68. The van der Waals surface area contributed by atoms with Crippen LogP contribution in [-0.2, 0) is 14.3 Å².